The molecule has 0 aromatic heterocycles. The highest BCUT2D eigenvalue weighted by Gasteiger charge is 2.16. The summed E-state index contributed by atoms with van der Waals surface area (Å²) in [7, 11) is 0. The van der Waals surface area contributed by atoms with Crippen LogP contribution in [0.1, 0.15) is 38.8 Å². The summed E-state index contributed by atoms with van der Waals surface area (Å²) in [5.74, 6) is 0.583. The average molecular weight is 361 g/mol. The number of ether oxygens (including phenoxy) is 1. The van der Waals surface area contributed by atoms with Gasteiger partial charge in [0, 0.05) is 6.54 Å². The first-order valence-corrected chi connectivity index (χ1v) is 9.35. The van der Waals surface area contributed by atoms with Crippen LogP contribution in [0.2, 0.25) is 0 Å². The predicted molar refractivity (Wildman–Crippen MR) is 111 cm³/mol. The molecule has 3 aromatic carbocycles. The van der Waals surface area contributed by atoms with Crippen LogP contribution in [0.4, 0.5) is 0 Å². The summed E-state index contributed by atoms with van der Waals surface area (Å²) in [4.78, 5) is 12.4. The van der Waals surface area contributed by atoms with Crippen molar-refractivity contribution in [2.24, 2.45) is 0 Å². The zero-order valence-corrected chi connectivity index (χ0v) is 16.5. The number of carbonyl (C=O) groups is 1. The number of hydrogen-bond acceptors (Lipinski definition) is 2. The summed E-state index contributed by atoms with van der Waals surface area (Å²) in [6, 6.07) is 22.4. The molecular weight excluding hydrogens is 334 g/mol. The van der Waals surface area contributed by atoms with Crippen molar-refractivity contribution in [1.82, 2.24) is 5.32 Å². The fourth-order valence-electron chi connectivity index (χ4n) is 2.97. The highest BCUT2D eigenvalue weighted by molar-refractivity contribution is 5.83. The molecule has 0 spiro atoms. The topological polar surface area (TPSA) is 38.3 Å². The summed E-state index contributed by atoms with van der Waals surface area (Å²) < 4.78 is 5.79. The fraction of sp³-hybridized carbons (Fsp3) is 0.292. The van der Waals surface area contributed by atoms with Crippen LogP contribution in [0, 0.1) is 0 Å². The van der Waals surface area contributed by atoms with Gasteiger partial charge in [-0.25, -0.2) is 0 Å². The normalized spacial score (nSPS) is 12.6. The van der Waals surface area contributed by atoms with Gasteiger partial charge >= 0.3 is 0 Å². The standard InChI is InChI=1S/C24H27NO2/c1-17(27-22-13-11-21(12-14-22)24(2,3)4)23(26)25-16-18-9-10-19-7-5-6-8-20(19)15-18/h5-15,17H,16H2,1-4H3,(H,25,26). The van der Waals surface area contributed by atoms with E-state index in [1.54, 1.807) is 6.92 Å². The molecule has 0 heterocycles. The van der Waals surface area contributed by atoms with E-state index in [1.807, 2.05) is 30.3 Å². The van der Waals surface area contributed by atoms with Gasteiger partial charge in [0.2, 0.25) is 0 Å². The van der Waals surface area contributed by atoms with Gasteiger partial charge in [0.05, 0.1) is 0 Å². The van der Waals surface area contributed by atoms with E-state index in [-0.39, 0.29) is 11.3 Å². The number of fused-ring (bicyclic) bond motifs is 1. The smallest absolute Gasteiger partial charge is 0.261 e. The molecule has 3 rings (SSSR count). The molecule has 0 saturated heterocycles. The molecule has 0 radical (unpaired) electrons. The Balaban J connectivity index is 1.57. The van der Waals surface area contributed by atoms with Crippen molar-refractivity contribution >= 4 is 16.7 Å². The van der Waals surface area contributed by atoms with Crippen molar-refractivity contribution in [2.75, 3.05) is 0 Å². The van der Waals surface area contributed by atoms with E-state index in [9.17, 15) is 4.79 Å². The van der Waals surface area contributed by atoms with Crippen molar-refractivity contribution < 1.29 is 9.53 Å². The minimum atomic E-state index is -0.550. The average Bonchev–Trinajstić information content (AvgIpc) is 2.65. The Morgan fingerprint density at radius 3 is 2.30 bits per heavy atom. The Morgan fingerprint density at radius 1 is 0.963 bits per heavy atom. The van der Waals surface area contributed by atoms with Gasteiger partial charge in [-0.2, -0.15) is 0 Å². The molecule has 3 aromatic rings. The van der Waals surface area contributed by atoms with Gasteiger partial charge in [0.15, 0.2) is 6.10 Å². The van der Waals surface area contributed by atoms with Crippen LogP contribution in [-0.2, 0) is 16.8 Å². The second-order valence-electron chi connectivity index (χ2n) is 7.93. The molecule has 0 aliphatic heterocycles. The molecule has 1 N–H and O–H groups in total. The molecule has 1 amide bonds. The molecule has 27 heavy (non-hydrogen) atoms. The van der Waals surface area contributed by atoms with Gasteiger partial charge in [-0.3, -0.25) is 4.79 Å². The maximum atomic E-state index is 12.4. The van der Waals surface area contributed by atoms with Crippen LogP contribution >= 0.6 is 0 Å². The number of benzene rings is 3. The maximum absolute atomic E-state index is 12.4. The quantitative estimate of drug-likeness (QED) is 0.676. The first-order valence-electron chi connectivity index (χ1n) is 9.35. The van der Waals surface area contributed by atoms with Crippen LogP contribution in [0.3, 0.4) is 0 Å². The van der Waals surface area contributed by atoms with Crippen molar-refractivity contribution in [3.05, 3.63) is 77.9 Å². The Kier molecular flexibility index (Phi) is 5.50. The summed E-state index contributed by atoms with van der Waals surface area (Å²) in [6.45, 7) is 8.77. The van der Waals surface area contributed by atoms with Crippen molar-refractivity contribution in [3.8, 4) is 5.75 Å². The van der Waals surface area contributed by atoms with E-state index in [1.165, 1.54) is 16.3 Å². The molecule has 0 aliphatic rings. The number of nitrogens with one attached hydrogen (secondary N) is 1. The van der Waals surface area contributed by atoms with Crippen LogP contribution in [0.25, 0.3) is 10.8 Å². The van der Waals surface area contributed by atoms with Gasteiger partial charge in [-0.15, -0.1) is 0 Å². The number of hydrogen-bond donors (Lipinski definition) is 1. The lowest BCUT2D eigenvalue weighted by Gasteiger charge is -2.20. The second kappa shape index (κ2) is 7.83. The molecule has 0 fully saturated rings. The number of amides is 1. The highest BCUT2D eigenvalue weighted by atomic mass is 16.5. The first-order chi connectivity index (χ1) is 12.8. The van der Waals surface area contributed by atoms with Crippen LogP contribution < -0.4 is 10.1 Å². The van der Waals surface area contributed by atoms with Gasteiger partial charge in [0.25, 0.3) is 5.91 Å². The minimum absolute atomic E-state index is 0.0986. The molecule has 140 valence electrons. The van der Waals surface area contributed by atoms with E-state index in [4.69, 9.17) is 4.74 Å². The SMILES string of the molecule is CC(Oc1ccc(C(C)(C)C)cc1)C(=O)NCc1ccc2ccccc2c1. The maximum Gasteiger partial charge on any atom is 0.261 e. The van der Waals surface area contributed by atoms with Crippen LogP contribution in [0.15, 0.2) is 66.7 Å². The number of rotatable bonds is 5. The monoisotopic (exact) mass is 361 g/mol. The predicted octanol–water partition coefficient (Wildman–Crippen LogP) is 5.22. The molecule has 3 nitrogen and oxygen atoms in total. The van der Waals surface area contributed by atoms with Crippen LogP contribution in [-0.4, -0.2) is 12.0 Å². The minimum Gasteiger partial charge on any atom is -0.481 e. The van der Waals surface area contributed by atoms with Gasteiger partial charge in [0.1, 0.15) is 5.75 Å². The second-order valence-corrected chi connectivity index (χ2v) is 7.93. The largest absolute Gasteiger partial charge is 0.481 e. The summed E-state index contributed by atoms with van der Waals surface area (Å²) in [5, 5.41) is 5.33. The molecule has 0 saturated carbocycles. The Morgan fingerprint density at radius 2 is 1.63 bits per heavy atom. The number of carbonyl (C=O) groups excluding carboxylic acids is 1. The summed E-state index contributed by atoms with van der Waals surface area (Å²) in [5.41, 5.74) is 2.41. The third-order valence-electron chi connectivity index (χ3n) is 4.68. The third kappa shape index (κ3) is 4.88. The Bertz CT molecular complexity index is 923. The summed E-state index contributed by atoms with van der Waals surface area (Å²) >= 11 is 0. The molecule has 0 bridgehead atoms. The molecule has 1 unspecified atom stereocenters. The lowest BCUT2D eigenvalue weighted by atomic mass is 9.87. The van der Waals surface area contributed by atoms with Gasteiger partial charge < -0.3 is 10.1 Å². The van der Waals surface area contributed by atoms with Gasteiger partial charge in [-0.1, -0.05) is 69.3 Å². The zero-order valence-electron chi connectivity index (χ0n) is 16.5. The van der Waals surface area contributed by atoms with Crippen molar-refractivity contribution in [2.45, 2.75) is 45.8 Å². The third-order valence-corrected chi connectivity index (χ3v) is 4.68. The van der Waals surface area contributed by atoms with Gasteiger partial charge in [-0.05, 0) is 52.4 Å². The molecule has 0 aliphatic carbocycles. The lowest BCUT2D eigenvalue weighted by Crippen LogP contribution is -2.35. The van der Waals surface area contributed by atoms with E-state index < -0.39 is 6.10 Å². The lowest BCUT2D eigenvalue weighted by molar-refractivity contribution is -0.127. The summed E-state index contributed by atoms with van der Waals surface area (Å²) in [6.07, 6.45) is -0.550. The van der Waals surface area contributed by atoms with Crippen molar-refractivity contribution in [1.29, 1.82) is 0 Å². The van der Waals surface area contributed by atoms with E-state index >= 15 is 0 Å². The van der Waals surface area contributed by atoms with E-state index in [0.717, 1.165) is 5.56 Å². The molecular formula is C24H27NO2. The molecule has 3 heteroatoms. The Hall–Kier alpha value is -2.81. The first kappa shape index (κ1) is 19.0. The van der Waals surface area contributed by atoms with E-state index in [2.05, 4.69) is 62.5 Å². The Labute approximate surface area is 161 Å². The zero-order chi connectivity index (χ0) is 19.4. The highest BCUT2D eigenvalue weighted by Crippen LogP contribution is 2.24. The van der Waals surface area contributed by atoms with Crippen molar-refractivity contribution in [3.63, 3.8) is 0 Å². The van der Waals surface area contributed by atoms with E-state index in [0.29, 0.717) is 12.3 Å². The molecule has 1 atom stereocenters. The van der Waals surface area contributed by atoms with Crippen LogP contribution in [0.5, 0.6) is 5.75 Å². The fourth-order valence-corrected chi connectivity index (χ4v) is 2.97.